The zero-order valence-electron chi connectivity index (χ0n) is 14.4. The summed E-state index contributed by atoms with van der Waals surface area (Å²) in [6.07, 6.45) is 1.62. The highest BCUT2D eigenvalue weighted by molar-refractivity contribution is 7.21. The first-order valence-corrected chi connectivity index (χ1v) is 9.43. The summed E-state index contributed by atoms with van der Waals surface area (Å²) in [4.78, 5) is 12.9. The molecule has 0 radical (unpaired) electrons. The van der Waals surface area contributed by atoms with Crippen LogP contribution < -0.4 is 10.2 Å². The Kier molecular flexibility index (Phi) is 4.79. The van der Waals surface area contributed by atoms with Crippen LogP contribution in [0, 0.1) is 0 Å². The van der Waals surface area contributed by atoms with Gasteiger partial charge in [0.2, 0.25) is 0 Å². The number of nitrogens with one attached hydrogen (secondary N) is 1. The van der Waals surface area contributed by atoms with Crippen molar-refractivity contribution < 1.29 is 9.53 Å². The molecule has 0 spiro atoms. The molecule has 0 aliphatic carbocycles. The van der Waals surface area contributed by atoms with E-state index in [-0.39, 0.29) is 5.91 Å². The molecule has 0 aliphatic heterocycles. The van der Waals surface area contributed by atoms with Gasteiger partial charge in [-0.1, -0.05) is 48.0 Å². The number of benzene rings is 3. The van der Waals surface area contributed by atoms with Crippen LogP contribution in [0.15, 0.2) is 65.8 Å². The molecule has 3 aromatic carbocycles. The lowest BCUT2D eigenvalue weighted by molar-refractivity contribution is 0.0959. The van der Waals surface area contributed by atoms with E-state index in [2.05, 4.69) is 16.6 Å². The van der Waals surface area contributed by atoms with E-state index in [0.717, 1.165) is 32.2 Å². The third-order valence-electron chi connectivity index (χ3n) is 4.20. The van der Waals surface area contributed by atoms with Crippen LogP contribution in [-0.4, -0.2) is 19.2 Å². The number of carbonyl (C=O) groups excluding carboxylic acids is 1. The molecule has 0 atom stereocenters. The Bertz CT molecular complexity index is 1180. The van der Waals surface area contributed by atoms with Gasteiger partial charge in [0.05, 0.1) is 18.3 Å². The number of carbonyl (C=O) groups is 1. The molecule has 134 valence electrons. The van der Waals surface area contributed by atoms with Crippen molar-refractivity contribution in [2.75, 3.05) is 7.11 Å². The van der Waals surface area contributed by atoms with Gasteiger partial charge >= 0.3 is 0 Å². The number of hydrogen-bond acceptors (Lipinski definition) is 4. The summed E-state index contributed by atoms with van der Waals surface area (Å²) in [7, 11) is 1.60. The summed E-state index contributed by atoms with van der Waals surface area (Å²) >= 11 is 7.68. The fourth-order valence-corrected chi connectivity index (χ4v) is 4.26. The van der Waals surface area contributed by atoms with E-state index in [4.69, 9.17) is 16.3 Å². The number of nitrogens with zero attached hydrogens (tertiary/aromatic N) is 1. The minimum absolute atomic E-state index is 0.336. The quantitative estimate of drug-likeness (QED) is 0.368. The average Bonchev–Trinajstić information content (AvgIpc) is 3.03. The van der Waals surface area contributed by atoms with Crippen molar-refractivity contribution in [3.63, 3.8) is 0 Å². The van der Waals surface area contributed by atoms with Gasteiger partial charge in [-0.3, -0.25) is 4.79 Å². The van der Waals surface area contributed by atoms with Gasteiger partial charge < -0.3 is 4.74 Å². The lowest BCUT2D eigenvalue weighted by Gasteiger charge is -2.00. The van der Waals surface area contributed by atoms with Gasteiger partial charge in [0.15, 0.2) is 0 Å². The SMILES string of the molecule is COc1ccc2c(Cl)c(C(=O)N/N=C\c3ccc4ccccc4c3)sc2c1. The molecule has 1 amide bonds. The van der Waals surface area contributed by atoms with E-state index in [1.807, 2.05) is 54.6 Å². The van der Waals surface area contributed by atoms with Crippen molar-refractivity contribution in [2.45, 2.75) is 0 Å². The van der Waals surface area contributed by atoms with Crippen LogP contribution in [0.5, 0.6) is 5.75 Å². The van der Waals surface area contributed by atoms with Crippen molar-refractivity contribution >= 4 is 55.9 Å². The highest BCUT2D eigenvalue weighted by Gasteiger charge is 2.17. The van der Waals surface area contributed by atoms with Crippen molar-refractivity contribution in [1.82, 2.24) is 5.43 Å². The monoisotopic (exact) mass is 394 g/mol. The standard InChI is InChI=1S/C21H15ClN2O2S/c1-26-16-8-9-17-18(11-16)27-20(19(17)22)21(25)24-23-12-13-6-7-14-4-2-3-5-15(14)10-13/h2-12H,1H3,(H,24,25)/b23-12-. The van der Waals surface area contributed by atoms with Crippen molar-refractivity contribution in [3.8, 4) is 5.75 Å². The van der Waals surface area contributed by atoms with E-state index in [9.17, 15) is 4.79 Å². The number of ether oxygens (including phenoxy) is 1. The number of rotatable bonds is 4. The number of fused-ring (bicyclic) bond motifs is 2. The van der Waals surface area contributed by atoms with Gasteiger partial charge in [-0.2, -0.15) is 5.10 Å². The van der Waals surface area contributed by atoms with E-state index < -0.39 is 0 Å². The molecule has 4 aromatic rings. The van der Waals surface area contributed by atoms with Gasteiger partial charge in [-0.05, 0) is 40.6 Å². The molecule has 0 saturated carbocycles. The summed E-state index contributed by atoms with van der Waals surface area (Å²) in [5, 5.41) is 7.60. The molecule has 0 aliphatic rings. The van der Waals surface area contributed by atoms with Crippen molar-refractivity contribution in [2.24, 2.45) is 5.10 Å². The first-order valence-electron chi connectivity index (χ1n) is 8.24. The second-order valence-corrected chi connectivity index (χ2v) is 7.34. The van der Waals surface area contributed by atoms with Crippen LogP contribution >= 0.6 is 22.9 Å². The maximum atomic E-state index is 12.5. The molecule has 0 fully saturated rings. The molecule has 0 saturated heterocycles. The van der Waals surface area contributed by atoms with Gasteiger partial charge in [-0.25, -0.2) is 5.43 Å². The Labute approximate surface area is 165 Å². The van der Waals surface area contributed by atoms with E-state index in [1.54, 1.807) is 13.3 Å². The molecule has 6 heteroatoms. The summed E-state index contributed by atoms with van der Waals surface area (Å²) < 4.78 is 6.11. The van der Waals surface area contributed by atoms with Crippen LogP contribution in [0.3, 0.4) is 0 Å². The third kappa shape index (κ3) is 3.52. The largest absolute Gasteiger partial charge is 0.497 e. The Morgan fingerprint density at radius 3 is 2.74 bits per heavy atom. The molecule has 0 unspecified atom stereocenters. The number of halogens is 1. The smallest absolute Gasteiger partial charge is 0.283 e. The van der Waals surface area contributed by atoms with Crippen LogP contribution in [0.1, 0.15) is 15.2 Å². The van der Waals surface area contributed by atoms with E-state index in [0.29, 0.717) is 9.90 Å². The van der Waals surface area contributed by atoms with Gasteiger partial charge in [0, 0.05) is 10.1 Å². The highest BCUT2D eigenvalue weighted by Crippen LogP contribution is 2.37. The van der Waals surface area contributed by atoms with Crippen molar-refractivity contribution in [1.29, 1.82) is 0 Å². The second kappa shape index (κ2) is 7.39. The topological polar surface area (TPSA) is 50.7 Å². The predicted octanol–water partition coefficient (Wildman–Crippen LogP) is 5.48. The zero-order chi connectivity index (χ0) is 18.8. The number of hydrogen-bond donors (Lipinski definition) is 1. The van der Waals surface area contributed by atoms with Crippen LogP contribution in [0.2, 0.25) is 5.02 Å². The number of methoxy groups -OCH3 is 1. The minimum atomic E-state index is -0.336. The minimum Gasteiger partial charge on any atom is -0.497 e. The molecular weight excluding hydrogens is 380 g/mol. The maximum Gasteiger partial charge on any atom is 0.283 e. The summed E-state index contributed by atoms with van der Waals surface area (Å²) in [6.45, 7) is 0. The second-order valence-electron chi connectivity index (χ2n) is 5.91. The molecule has 1 heterocycles. The molecule has 1 aromatic heterocycles. The lowest BCUT2D eigenvalue weighted by atomic mass is 10.1. The summed E-state index contributed by atoms with van der Waals surface area (Å²) in [6, 6.07) is 19.6. The summed E-state index contributed by atoms with van der Waals surface area (Å²) in [5.74, 6) is 0.388. The Hall–Kier alpha value is -2.89. The number of hydrazone groups is 1. The maximum absolute atomic E-state index is 12.5. The fraction of sp³-hybridized carbons (Fsp3) is 0.0476. The molecule has 27 heavy (non-hydrogen) atoms. The Morgan fingerprint density at radius 1 is 1.11 bits per heavy atom. The Morgan fingerprint density at radius 2 is 1.93 bits per heavy atom. The van der Waals surface area contributed by atoms with Crippen LogP contribution in [-0.2, 0) is 0 Å². The zero-order valence-corrected chi connectivity index (χ0v) is 16.0. The Balaban J connectivity index is 1.53. The highest BCUT2D eigenvalue weighted by atomic mass is 35.5. The molecular formula is C21H15ClN2O2S. The number of thiophene rings is 1. The van der Waals surface area contributed by atoms with Gasteiger partial charge in [0.25, 0.3) is 5.91 Å². The summed E-state index contributed by atoms with van der Waals surface area (Å²) in [5.41, 5.74) is 3.45. The van der Waals surface area contributed by atoms with Crippen molar-refractivity contribution in [3.05, 3.63) is 76.1 Å². The van der Waals surface area contributed by atoms with Gasteiger partial charge in [-0.15, -0.1) is 11.3 Å². The first-order chi connectivity index (χ1) is 13.2. The fourth-order valence-electron chi connectivity index (χ4n) is 2.82. The molecule has 1 N–H and O–H groups in total. The van der Waals surface area contributed by atoms with E-state index >= 15 is 0 Å². The molecule has 4 nitrogen and oxygen atoms in total. The lowest BCUT2D eigenvalue weighted by Crippen LogP contribution is -2.16. The normalized spacial score (nSPS) is 11.3. The molecule has 4 rings (SSSR count). The van der Waals surface area contributed by atoms with Crippen LogP contribution in [0.25, 0.3) is 20.9 Å². The van der Waals surface area contributed by atoms with Gasteiger partial charge in [0.1, 0.15) is 10.6 Å². The van der Waals surface area contributed by atoms with E-state index in [1.165, 1.54) is 11.3 Å². The average molecular weight is 395 g/mol. The first kappa shape index (κ1) is 17.5. The number of amides is 1. The third-order valence-corrected chi connectivity index (χ3v) is 5.85. The molecule has 0 bridgehead atoms. The van der Waals surface area contributed by atoms with Crippen LogP contribution in [0.4, 0.5) is 0 Å². The predicted molar refractivity (Wildman–Crippen MR) is 112 cm³/mol.